The molecule has 7 heteroatoms. The number of aromatic nitrogens is 4. The maximum Gasteiger partial charge on any atom is 0.267 e. The highest BCUT2D eigenvalue weighted by atomic mass is 32.1. The quantitative estimate of drug-likeness (QED) is 0.569. The molecule has 6 nitrogen and oxygen atoms in total. The fourth-order valence-corrected chi connectivity index (χ4v) is 3.79. The summed E-state index contributed by atoms with van der Waals surface area (Å²) in [6.07, 6.45) is 0.682. The molecule has 4 aromatic rings. The Labute approximate surface area is 154 Å². The molecule has 0 radical (unpaired) electrons. The zero-order valence-corrected chi connectivity index (χ0v) is 15.4. The van der Waals surface area contributed by atoms with E-state index in [1.807, 2.05) is 60.3 Å². The van der Waals surface area contributed by atoms with Gasteiger partial charge in [-0.3, -0.25) is 4.79 Å². The van der Waals surface area contributed by atoms with Crippen LogP contribution in [-0.4, -0.2) is 32.2 Å². The number of thiazole rings is 1. The fourth-order valence-electron chi connectivity index (χ4n) is 2.93. The first-order valence-electron chi connectivity index (χ1n) is 8.44. The van der Waals surface area contributed by atoms with Crippen LogP contribution in [-0.2, 0) is 6.42 Å². The van der Waals surface area contributed by atoms with E-state index in [-0.39, 0.29) is 5.91 Å². The van der Waals surface area contributed by atoms with Gasteiger partial charge in [0.2, 0.25) is 5.13 Å². The Morgan fingerprint density at radius 3 is 2.88 bits per heavy atom. The van der Waals surface area contributed by atoms with Crippen LogP contribution >= 0.6 is 11.3 Å². The summed E-state index contributed by atoms with van der Waals surface area (Å²) in [5.74, 6) is -0.102. The molecule has 0 spiro atoms. The van der Waals surface area contributed by atoms with Crippen molar-refractivity contribution in [2.75, 3.05) is 6.54 Å². The molecule has 0 unspecified atom stereocenters. The summed E-state index contributed by atoms with van der Waals surface area (Å²) in [4.78, 5) is 20.1. The van der Waals surface area contributed by atoms with Crippen LogP contribution in [0, 0.1) is 13.8 Å². The van der Waals surface area contributed by atoms with Crippen LogP contribution in [0.25, 0.3) is 16.0 Å². The fraction of sp³-hybridized carbons (Fsp3) is 0.211. The Balaban J connectivity index is 1.37. The lowest BCUT2D eigenvalue weighted by molar-refractivity contribution is 0.0950. The van der Waals surface area contributed by atoms with Crippen LogP contribution in [0.4, 0.5) is 0 Å². The van der Waals surface area contributed by atoms with Crippen LogP contribution in [0.2, 0.25) is 0 Å². The summed E-state index contributed by atoms with van der Waals surface area (Å²) in [7, 11) is 0. The van der Waals surface area contributed by atoms with Gasteiger partial charge in [-0.05, 0) is 32.0 Å². The average Bonchev–Trinajstić information content (AvgIpc) is 3.32. The van der Waals surface area contributed by atoms with E-state index in [1.165, 1.54) is 0 Å². The van der Waals surface area contributed by atoms with E-state index in [0.717, 1.165) is 33.1 Å². The Morgan fingerprint density at radius 1 is 1.27 bits per heavy atom. The molecule has 0 bridgehead atoms. The van der Waals surface area contributed by atoms with E-state index in [4.69, 9.17) is 0 Å². The largest absolute Gasteiger partial charge is 0.351 e. The van der Waals surface area contributed by atoms with Gasteiger partial charge in [-0.2, -0.15) is 5.10 Å². The lowest BCUT2D eigenvalue weighted by Gasteiger charge is -2.02. The molecule has 0 saturated heterocycles. The molecular weight excluding hydrogens is 346 g/mol. The monoisotopic (exact) mass is 365 g/mol. The Hall–Kier alpha value is -2.93. The number of H-pyrrole nitrogens is 1. The van der Waals surface area contributed by atoms with Crippen LogP contribution in [0.15, 0.2) is 41.8 Å². The smallest absolute Gasteiger partial charge is 0.267 e. The molecule has 2 N–H and O–H groups in total. The molecule has 4 rings (SSSR count). The second kappa shape index (κ2) is 6.76. The van der Waals surface area contributed by atoms with E-state index in [1.54, 1.807) is 11.3 Å². The first-order chi connectivity index (χ1) is 12.6. The summed E-state index contributed by atoms with van der Waals surface area (Å²) in [6, 6.07) is 11.8. The van der Waals surface area contributed by atoms with Crippen LogP contribution in [0.5, 0.6) is 0 Å². The highest BCUT2D eigenvalue weighted by molar-refractivity contribution is 7.12. The molecule has 26 heavy (non-hydrogen) atoms. The summed E-state index contributed by atoms with van der Waals surface area (Å²) >= 11 is 1.56. The number of benzene rings is 1. The van der Waals surface area contributed by atoms with Gasteiger partial charge in [0.1, 0.15) is 5.69 Å². The number of carbonyl (C=O) groups excluding carboxylic acids is 1. The van der Waals surface area contributed by atoms with Gasteiger partial charge in [0, 0.05) is 34.9 Å². The van der Waals surface area contributed by atoms with Crippen LogP contribution in [0.3, 0.4) is 0 Å². The SMILES string of the molecule is Cc1cc(C)n(-c2nc(CCNC(=O)c3cc4ccccc4[nH]3)cs2)n1. The number of hydrogen-bond acceptors (Lipinski definition) is 4. The Morgan fingerprint density at radius 2 is 2.12 bits per heavy atom. The maximum atomic E-state index is 12.3. The minimum Gasteiger partial charge on any atom is -0.351 e. The van der Waals surface area contributed by atoms with Gasteiger partial charge >= 0.3 is 0 Å². The van der Waals surface area contributed by atoms with Crippen molar-refractivity contribution in [1.29, 1.82) is 0 Å². The van der Waals surface area contributed by atoms with Gasteiger partial charge in [-0.1, -0.05) is 18.2 Å². The number of aromatic amines is 1. The molecule has 0 aliphatic rings. The number of hydrogen-bond donors (Lipinski definition) is 2. The van der Waals surface area contributed by atoms with Gasteiger partial charge < -0.3 is 10.3 Å². The highest BCUT2D eigenvalue weighted by Gasteiger charge is 2.11. The van der Waals surface area contributed by atoms with Crippen molar-refractivity contribution in [2.24, 2.45) is 0 Å². The second-order valence-corrected chi connectivity index (χ2v) is 7.07. The zero-order chi connectivity index (χ0) is 18.1. The molecule has 3 heterocycles. The molecule has 132 valence electrons. The third kappa shape index (κ3) is 3.25. The van der Waals surface area contributed by atoms with Crippen LogP contribution in [0.1, 0.15) is 27.6 Å². The van der Waals surface area contributed by atoms with Crippen molar-refractivity contribution < 1.29 is 4.79 Å². The van der Waals surface area contributed by atoms with E-state index in [0.29, 0.717) is 18.7 Å². The molecule has 3 aromatic heterocycles. The normalized spacial score (nSPS) is 11.2. The summed E-state index contributed by atoms with van der Waals surface area (Å²) < 4.78 is 1.85. The van der Waals surface area contributed by atoms with Gasteiger partial charge in [0.15, 0.2) is 0 Å². The van der Waals surface area contributed by atoms with Gasteiger partial charge in [-0.15, -0.1) is 11.3 Å². The predicted molar refractivity (Wildman–Crippen MR) is 103 cm³/mol. The van der Waals surface area contributed by atoms with Crippen molar-refractivity contribution in [3.05, 3.63) is 64.6 Å². The van der Waals surface area contributed by atoms with Crippen molar-refractivity contribution in [3.8, 4) is 5.13 Å². The summed E-state index contributed by atoms with van der Waals surface area (Å²) in [5.41, 5.74) is 4.54. The molecular formula is C19H19N5OS. The summed E-state index contributed by atoms with van der Waals surface area (Å²) in [6.45, 7) is 4.52. The van der Waals surface area contributed by atoms with Crippen molar-refractivity contribution in [2.45, 2.75) is 20.3 Å². The topological polar surface area (TPSA) is 75.6 Å². The minimum atomic E-state index is -0.102. The first kappa shape index (κ1) is 16.5. The van der Waals surface area contributed by atoms with Crippen molar-refractivity contribution >= 4 is 28.1 Å². The number of fused-ring (bicyclic) bond motifs is 1. The number of nitrogens with zero attached hydrogens (tertiary/aromatic N) is 3. The van der Waals surface area contributed by atoms with E-state index < -0.39 is 0 Å². The zero-order valence-electron chi connectivity index (χ0n) is 14.6. The third-order valence-electron chi connectivity index (χ3n) is 4.17. The van der Waals surface area contributed by atoms with Crippen molar-refractivity contribution in [1.82, 2.24) is 25.1 Å². The highest BCUT2D eigenvalue weighted by Crippen LogP contribution is 2.17. The number of amides is 1. The molecule has 0 atom stereocenters. The van der Waals surface area contributed by atoms with E-state index in [2.05, 4.69) is 20.4 Å². The standard InChI is InChI=1S/C19H19N5OS/c1-12-9-13(2)24(23-12)19-21-15(11-26-19)7-8-20-18(25)17-10-14-5-3-4-6-16(14)22-17/h3-6,9-11,22H,7-8H2,1-2H3,(H,20,25). The molecule has 0 fully saturated rings. The van der Waals surface area contributed by atoms with Crippen LogP contribution < -0.4 is 5.32 Å². The minimum absolute atomic E-state index is 0.102. The average molecular weight is 365 g/mol. The Kier molecular flexibility index (Phi) is 4.30. The lowest BCUT2D eigenvalue weighted by atomic mass is 10.2. The number of nitrogens with one attached hydrogen (secondary N) is 2. The number of rotatable bonds is 5. The third-order valence-corrected chi connectivity index (χ3v) is 5.04. The molecule has 0 aliphatic heterocycles. The molecule has 1 amide bonds. The second-order valence-electron chi connectivity index (χ2n) is 6.24. The lowest BCUT2D eigenvalue weighted by Crippen LogP contribution is -2.26. The van der Waals surface area contributed by atoms with Gasteiger partial charge in [0.25, 0.3) is 5.91 Å². The predicted octanol–water partition coefficient (Wildman–Crippen LogP) is 3.40. The maximum absolute atomic E-state index is 12.3. The summed E-state index contributed by atoms with van der Waals surface area (Å²) in [5, 5.41) is 11.3. The van der Waals surface area contributed by atoms with Gasteiger partial charge in [0.05, 0.1) is 11.4 Å². The van der Waals surface area contributed by atoms with Gasteiger partial charge in [-0.25, -0.2) is 9.67 Å². The van der Waals surface area contributed by atoms with Crippen molar-refractivity contribution in [3.63, 3.8) is 0 Å². The molecule has 0 saturated carbocycles. The van der Waals surface area contributed by atoms with E-state index in [9.17, 15) is 4.79 Å². The number of aryl methyl sites for hydroxylation is 2. The number of carbonyl (C=O) groups is 1. The Bertz CT molecular complexity index is 1040. The number of para-hydroxylation sites is 1. The first-order valence-corrected chi connectivity index (χ1v) is 9.32. The molecule has 1 aromatic carbocycles. The molecule has 0 aliphatic carbocycles. The van der Waals surface area contributed by atoms with E-state index >= 15 is 0 Å².